The van der Waals surface area contributed by atoms with Gasteiger partial charge in [-0.3, -0.25) is 4.98 Å². The quantitative estimate of drug-likeness (QED) is 0.907. The number of benzene rings is 1. The summed E-state index contributed by atoms with van der Waals surface area (Å²) in [5, 5.41) is 4.10. The van der Waals surface area contributed by atoms with Crippen molar-refractivity contribution in [2.75, 3.05) is 5.32 Å². The number of anilines is 1. The Balaban J connectivity index is 2.07. The molecule has 4 heteroatoms. The fourth-order valence-electron chi connectivity index (χ4n) is 1.50. The molecule has 0 aliphatic heterocycles. The molecule has 2 rings (SSSR count). The van der Waals surface area contributed by atoms with Gasteiger partial charge >= 0.3 is 0 Å². The lowest BCUT2D eigenvalue weighted by Crippen LogP contribution is -2.02. The molecule has 0 atom stereocenters. The van der Waals surface area contributed by atoms with Gasteiger partial charge in [-0.25, -0.2) is 0 Å². The van der Waals surface area contributed by atoms with Crippen molar-refractivity contribution in [1.82, 2.24) is 4.98 Å². The first-order chi connectivity index (χ1) is 8.16. The summed E-state index contributed by atoms with van der Waals surface area (Å²) in [7, 11) is 0. The molecule has 88 valence electrons. The molecule has 0 saturated heterocycles. The molecule has 0 aliphatic carbocycles. The van der Waals surface area contributed by atoms with Crippen LogP contribution in [0.2, 0.25) is 5.02 Å². The molecule has 0 spiro atoms. The van der Waals surface area contributed by atoms with E-state index in [0.29, 0.717) is 6.54 Å². The van der Waals surface area contributed by atoms with Gasteiger partial charge in [0.25, 0.3) is 0 Å². The van der Waals surface area contributed by atoms with Gasteiger partial charge in [0, 0.05) is 21.4 Å². The summed E-state index contributed by atoms with van der Waals surface area (Å²) in [6.45, 7) is 2.69. The first-order valence-corrected chi connectivity index (χ1v) is 6.43. The lowest BCUT2D eigenvalue weighted by atomic mass is 10.2. The molecular formula is C13H12BrClN2. The van der Waals surface area contributed by atoms with E-state index in [2.05, 4.69) is 26.2 Å². The standard InChI is InChI=1S/C13H12BrClN2/c1-9-12(15)3-2-4-13(9)17-8-11-6-5-10(14)7-16-11/h2-7,17H,8H2,1H3. The van der Waals surface area contributed by atoms with Crippen LogP contribution in [0.3, 0.4) is 0 Å². The average molecular weight is 312 g/mol. The van der Waals surface area contributed by atoms with Crippen LogP contribution in [0, 0.1) is 6.92 Å². The maximum absolute atomic E-state index is 6.05. The Bertz CT molecular complexity index is 511. The average Bonchev–Trinajstić information content (AvgIpc) is 2.33. The van der Waals surface area contributed by atoms with Gasteiger partial charge in [0.1, 0.15) is 0 Å². The molecule has 2 aromatic rings. The predicted octanol–water partition coefficient (Wildman–Crippen LogP) is 4.42. The maximum atomic E-state index is 6.05. The monoisotopic (exact) mass is 310 g/mol. The molecule has 0 saturated carbocycles. The SMILES string of the molecule is Cc1c(Cl)cccc1NCc1ccc(Br)cn1. The van der Waals surface area contributed by atoms with Crippen LogP contribution in [-0.2, 0) is 6.54 Å². The van der Waals surface area contributed by atoms with Gasteiger partial charge in [0.05, 0.1) is 12.2 Å². The van der Waals surface area contributed by atoms with Crippen molar-refractivity contribution < 1.29 is 0 Å². The Morgan fingerprint density at radius 3 is 2.82 bits per heavy atom. The van der Waals surface area contributed by atoms with Crippen molar-refractivity contribution in [3.63, 3.8) is 0 Å². The molecular weight excluding hydrogens is 300 g/mol. The highest BCUT2D eigenvalue weighted by Gasteiger charge is 2.01. The van der Waals surface area contributed by atoms with Gasteiger partial charge < -0.3 is 5.32 Å². The van der Waals surface area contributed by atoms with Gasteiger partial charge in [-0.05, 0) is 52.7 Å². The third-order valence-corrected chi connectivity index (χ3v) is 3.39. The topological polar surface area (TPSA) is 24.9 Å². The molecule has 0 fully saturated rings. The van der Waals surface area contributed by atoms with E-state index in [9.17, 15) is 0 Å². The Labute approximate surface area is 114 Å². The van der Waals surface area contributed by atoms with E-state index in [1.165, 1.54) is 0 Å². The summed E-state index contributed by atoms with van der Waals surface area (Å²) in [5.41, 5.74) is 3.10. The van der Waals surface area contributed by atoms with Crippen molar-refractivity contribution in [3.05, 3.63) is 57.3 Å². The zero-order chi connectivity index (χ0) is 12.3. The number of rotatable bonds is 3. The van der Waals surface area contributed by atoms with Crippen LogP contribution in [0.15, 0.2) is 41.0 Å². The van der Waals surface area contributed by atoms with Gasteiger partial charge in [-0.15, -0.1) is 0 Å². The summed E-state index contributed by atoms with van der Waals surface area (Å²) >= 11 is 9.42. The Morgan fingerprint density at radius 1 is 1.29 bits per heavy atom. The maximum Gasteiger partial charge on any atom is 0.0595 e. The van der Waals surface area contributed by atoms with E-state index in [1.807, 2.05) is 37.3 Å². The van der Waals surface area contributed by atoms with Crippen LogP contribution >= 0.6 is 27.5 Å². The Hall–Kier alpha value is -1.06. The second kappa shape index (κ2) is 5.52. The number of nitrogens with zero attached hydrogens (tertiary/aromatic N) is 1. The summed E-state index contributed by atoms with van der Waals surface area (Å²) < 4.78 is 0.986. The van der Waals surface area contributed by atoms with Gasteiger partial charge in [-0.2, -0.15) is 0 Å². The molecule has 2 nitrogen and oxygen atoms in total. The molecule has 17 heavy (non-hydrogen) atoms. The van der Waals surface area contributed by atoms with E-state index in [4.69, 9.17) is 11.6 Å². The van der Waals surface area contributed by atoms with Crippen molar-refractivity contribution in [2.45, 2.75) is 13.5 Å². The third-order valence-electron chi connectivity index (χ3n) is 2.52. The molecule has 0 radical (unpaired) electrons. The van der Waals surface area contributed by atoms with Crippen molar-refractivity contribution in [2.24, 2.45) is 0 Å². The lowest BCUT2D eigenvalue weighted by molar-refractivity contribution is 1.04. The summed E-state index contributed by atoms with van der Waals surface area (Å²) in [6, 6.07) is 9.80. The minimum Gasteiger partial charge on any atom is -0.379 e. The number of aromatic nitrogens is 1. The minimum absolute atomic E-state index is 0.689. The molecule has 0 aliphatic rings. The molecule has 1 N–H and O–H groups in total. The summed E-state index contributed by atoms with van der Waals surface area (Å²) in [6.07, 6.45) is 1.79. The van der Waals surface area contributed by atoms with Crippen LogP contribution in [0.1, 0.15) is 11.3 Å². The second-order valence-corrected chi connectivity index (χ2v) is 5.06. The van der Waals surface area contributed by atoms with E-state index in [1.54, 1.807) is 6.20 Å². The zero-order valence-corrected chi connectivity index (χ0v) is 11.7. The van der Waals surface area contributed by atoms with Crippen molar-refractivity contribution >= 4 is 33.2 Å². The molecule has 0 unspecified atom stereocenters. The van der Waals surface area contributed by atoms with E-state index < -0.39 is 0 Å². The number of nitrogens with one attached hydrogen (secondary N) is 1. The molecule has 1 aromatic heterocycles. The van der Waals surface area contributed by atoms with Crippen molar-refractivity contribution in [1.29, 1.82) is 0 Å². The molecule has 0 bridgehead atoms. The Morgan fingerprint density at radius 2 is 2.12 bits per heavy atom. The van der Waals surface area contributed by atoms with Gasteiger partial charge in [0.2, 0.25) is 0 Å². The lowest BCUT2D eigenvalue weighted by Gasteiger charge is -2.10. The number of hydrogen-bond acceptors (Lipinski definition) is 2. The fourth-order valence-corrected chi connectivity index (χ4v) is 1.90. The van der Waals surface area contributed by atoms with Crippen molar-refractivity contribution in [3.8, 4) is 0 Å². The first-order valence-electron chi connectivity index (χ1n) is 5.26. The van der Waals surface area contributed by atoms with E-state index >= 15 is 0 Å². The van der Waals surface area contributed by atoms with E-state index in [0.717, 1.165) is 26.4 Å². The predicted molar refractivity (Wildman–Crippen MR) is 75.5 cm³/mol. The van der Waals surface area contributed by atoms with Gasteiger partial charge in [0.15, 0.2) is 0 Å². The van der Waals surface area contributed by atoms with Gasteiger partial charge in [-0.1, -0.05) is 17.7 Å². The first kappa shape index (κ1) is 12.4. The third kappa shape index (κ3) is 3.20. The summed E-state index contributed by atoms with van der Waals surface area (Å²) in [5.74, 6) is 0. The molecule has 1 aromatic carbocycles. The molecule has 1 heterocycles. The zero-order valence-electron chi connectivity index (χ0n) is 9.37. The largest absolute Gasteiger partial charge is 0.379 e. The Kier molecular flexibility index (Phi) is 4.02. The number of pyridine rings is 1. The molecule has 0 amide bonds. The fraction of sp³-hybridized carbons (Fsp3) is 0.154. The van der Waals surface area contributed by atoms with Crippen LogP contribution in [0.4, 0.5) is 5.69 Å². The highest BCUT2D eigenvalue weighted by molar-refractivity contribution is 9.10. The number of hydrogen-bond donors (Lipinski definition) is 1. The normalized spacial score (nSPS) is 10.3. The van der Waals surface area contributed by atoms with Crippen LogP contribution in [-0.4, -0.2) is 4.98 Å². The number of halogens is 2. The van der Waals surface area contributed by atoms with E-state index in [-0.39, 0.29) is 0 Å². The van der Waals surface area contributed by atoms with Crippen LogP contribution in [0.25, 0.3) is 0 Å². The van der Waals surface area contributed by atoms with Crippen LogP contribution in [0.5, 0.6) is 0 Å². The smallest absolute Gasteiger partial charge is 0.0595 e. The summed E-state index contributed by atoms with van der Waals surface area (Å²) in [4.78, 5) is 4.30. The minimum atomic E-state index is 0.689. The highest BCUT2D eigenvalue weighted by Crippen LogP contribution is 2.23. The van der Waals surface area contributed by atoms with Crippen LogP contribution < -0.4 is 5.32 Å². The highest BCUT2D eigenvalue weighted by atomic mass is 79.9. The second-order valence-electron chi connectivity index (χ2n) is 3.73.